The minimum Gasteiger partial charge on any atom is -0.366 e. The molecule has 0 atom stereocenters. The van der Waals surface area contributed by atoms with Gasteiger partial charge in [-0.25, -0.2) is 4.39 Å². The summed E-state index contributed by atoms with van der Waals surface area (Å²) in [4.78, 5) is 12.1. The Hall–Kier alpha value is -3.14. The van der Waals surface area contributed by atoms with Gasteiger partial charge in [-0.1, -0.05) is 50.2 Å². The van der Waals surface area contributed by atoms with Gasteiger partial charge in [0.25, 0.3) is 0 Å². The summed E-state index contributed by atoms with van der Waals surface area (Å²) in [5.74, 6) is -0.287. The average molecular weight is 374 g/mol. The van der Waals surface area contributed by atoms with Crippen LogP contribution >= 0.6 is 0 Å². The third-order valence-electron chi connectivity index (χ3n) is 5.45. The number of halogens is 1. The molecular formula is C24H23FN2O. The molecule has 0 aliphatic carbocycles. The Kier molecular flexibility index (Phi) is 4.42. The second kappa shape index (κ2) is 6.79. The molecule has 0 saturated carbocycles. The summed E-state index contributed by atoms with van der Waals surface area (Å²) in [7, 11) is 0. The van der Waals surface area contributed by atoms with Crippen LogP contribution in [0.3, 0.4) is 0 Å². The molecule has 0 radical (unpaired) electrons. The zero-order valence-electron chi connectivity index (χ0n) is 16.3. The van der Waals surface area contributed by atoms with Gasteiger partial charge in [0.05, 0.1) is 12.1 Å². The first-order chi connectivity index (χ1) is 13.4. The van der Waals surface area contributed by atoms with Gasteiger partial charge in [0, 0.05) is 27.4 Å². The van der Waals surface area contributed by atoms with Crippen molar-refractivity contribution in [1.82, 2.24) is 4.57 Å². The van der Waals surface area contributed by atoms with Gasteiger partial charge in [-0.15, -0.1) is 0 Å². The van der Waals surface area contributed by atoms with Crippen LogP contribution < -0.4 is 5.73 Å². The van der Waals surface area contributed by atoms with Crippen LogP contribution in [0.15, 0.2) is 54.6 Å². The molecule has 4 aromatic rings. The number of amides is 1. The highest BCUT2D eigenvalue weighted by Gasteiger charge is 2.18. The number of primary amides is 1. The fourth-order valence-electron chi connectivity index (χ4n) is 3.90. The zero-order valence-corrected chi connectivity index (χ0v) is 16.3. The Morgan fingerprint density at radius 2 is 1.82 bits per heavy atom. The van der Waals surface area contributed by atoms with E-state index in [4.69, 9.17) is 5.73 Å². The van der Waals surface area contributed by atoms with Gasteiger partial charge in [-0.3, -0.25) is 4.79 Å². The van der Waals surface area contributed by atoms with Crippen molar-refractivity contribution in [2.24, 2.45) is 5.73 Å². The van der Waals surface area contributed by atoms with Gasteiger partial charge in [0.1, 0.15) is 5.82 Å². The van der Waals surface area contributed by atoms with E-state index in [-0.39, 0.29) is 5.82 Å². The van der Waals surface area contributed by atoms with Crippen molar-refractivity contribution in [3.63, 3.8) is 0 Å². The van der Waals surface area contributed by atoms with Crippen molar-refractivity contribution < 1.29 is 9.18 Å². The molecule has 0 aliphatic rings. The number of aryl methyl sites for hydroxylation is 1. The summed E-state index contributed by atoms with van der Waals surface area (Å²) >= 11 is 0. The number of carbonyl (C=O) groups excluding carboxylic acids is 1. The van der Waals surface area contributed by atoms with Crippen molar-refractivity contribution in [2.75, 3.05) is 0 Å². The van der Waals surface area contributed by atoms with Gasteiger partial charge in [-0.2, -0.15) is 0 Å². The monoisotopic (exact) mass is 374 g/mol. The first-order valence-electron chi connectivity index (χ1n) is 9.47. The minimum atomic E-state index is -0.459. The molecule has 1 heterocycles. The van der Waals surface area contributed by atoms with Gasteiger partial charge in [0.15, 0.2) is 0 Å². The van der Waals surface area contributed by atoms with Crippen LogP contribution in [0.2, 0.25) is 0 Å². The first kappa shape index (κ1) is 18.2. The fourth-order valence-corrected chi connectivity index (χ4v) is 3.90. The van der Waals surface area contributed by atoms with Crippen molar-refractivity contribution >= 4 is 27.7 Å². The smallest absolute Gasteiger partial charge is 0.249 e. The highest BCUT2D eigenvalue weighted by molar-refractivity contribution is 6.18. The third-order valence-corrected chi connectivity index (χ3v) is 5.45. The van der Waals surface area contributed by atoms with Crippen molar-refractivity contribution in [3.8, 4) is 0 Å². The molecule has 1 amide bonds. The molecule has 2 N–H and O–H groups in total. The average Bonchev–Trinajstić information content (AvgIpc) is 2.98. The van der Waals surface area contributed by atoms with E-state index in [9.17, 15) is 9.18 Å². The first-order valence-corrected chi connectivity index (χ1v) is 9.47. The molecule has 1 aromatic heterocycles. The Morgan fingerprint density at radius 1 is 1.07 bits per heavy atom. The zero-order chi connectivity index (χ0) is 20.0. The van der Waals surface area contributed by atoms with Gasteiger partial charge < -0.3 is 10.3 Å². The summed E-state index contributed by atoms with van der Waals surface area (Å²) < 4.78 is 16.8. The highest BCUT2D eigenvalue weighted by atomic mass is 19.1. The van der Waals surface area contributed by atoms with Crippen molar-refractivity contribution in [3.05, 3.63) is 82.7 Å². The van der Waals surface area contributed by atoms with Gasteiger partial charge in [0.2, 0.25) is 5.91 Å². The highest BCUT2D eigenvalue weighted by Crippen LogP contribution is 2.34. The molecular weight excluding hydrogens is 351 g/mol. The summed E-state index contributed by atoms with van der Waals surface area (Å²) in [5.41, 5.74) is 10.4. The summed E-state index contributed by atoms with van der Waals surface area (Å²) in [6.07, 6.45) is 0. The van der Waals surface area contributed by atoms with Crippen molar-refractivity contribution in [1.29, 1.82) is 0 Å². The normalized spacial score (nSPS) is 11.6. The number of aromatic nitrogens is 1. The predicted octanol–water partition coefficient (Wildman–Crippen LogP) is 5.51. The number of rotatable bonds is 4. The Labute approximate surface area is 163 Å². The molecule has 4 rings (SSSR count). The molecule has 28 heavy (non-hydrogen) atoms. The molecule has 0 saturated heterocycles. The molecule has 0 bridgehead atoms. The van der Waals surface area contributed by atoms with Crippen LogP contribution in [-0.4, -0.2) is 10.5 Å². The predicted molar refractivity (Wildman–Crippen MR) is 112 cm³/mol. The largest absolute Gasteiger partial charge is 0.366 e. The van der Waals surface area contributed by atoms with E-state index >= 15 is 0 Å². The van der Waals surface area contributed by atoms with E-state index in [1.807, 2.05) is 30.3 Å². The van der Waals surface area contributed by atoms with E-state index in [1.165, 1.54) is 5.56 Å². The Morgan fingerprint density at radius 3 is 2.54 bits per heavy atom. The Bertz CT molecular complexity index is 1220. The summed E-state index contributed by atoms with van der Waals surface area (Å²) in [5, 5.41) is 1.79. The van der Waals surface area contributed by atoms with E-state index < -0.39 is 5.91 Å². The van der Waals surface area contributed by atoms with Crippen LogP contribution in [0.1, 0.15) is 46.8 Å². The molecule has 3 nitrogen and oxygen atoms in total. The van der Waals surface area contributed by atoms with E-state index in [1.54, 1.807) is 19.1 Å². The lowest BCUT2D eigenvalue weighted by Gasteiger charge is -2.11. The number of nitrogens with zero attached hydrogens (tertiary/aromatic N) is 1. The van der Waals surface area contributed by atoms with Crippen LogP contribution in [0.25, 0.3) is 21.8 Å². The SMILES string of the molecule is Cc1cccc(Cn2c3cc(C(C)C)ccc3c3c(C(N)=O)cccc32)c1F. The van der Waals surface area contributed by atoms with Gasteiger partial charge in [-0.05, 0) is 42.2 Å². The molecule has 0 unspecified atom stereocenters. The summed E-state index contributed by atoms with van der Waals surface area (Å²) in [6, 6.07) is 17.3. The third kappa shape index (κ3) is 2.85. The number of hydrogen-bond acceptors (Lipinski definition) is 1. The topological polar surface area (TPSA) is 48.0 Å². The van der Waals surface area contributed by atoms with Gasteiger partial charge >= 0.3 is 0 Å². The second-order valence-electron chi connectivity index (χ2n) is 7.63. The molecule has 4 heteroatoms. The quantitative estimate of drug-likeness (QED) is 0.503. The number of fused-ring (bicyclic) bond motifs is 3. The van der Waals surface area contributed by atoms with Crippen LogP contribution in [0, 0.1) is 12.7 Å². The van der Waals surface area contributed by atoms with Crippen LogP contribution in [-0.2, 0) is 6.54 Å². The number of benzene rings is 3. The maximum atomic E-state index is 14.7. The van der Waals surface area contributed by atoms with Crippen LogP contribution in [0.4, 0.5) is 4.39 Å². The molecule has 142 valence electrons. The molecule has 0 spiro atoms. The number of nitrogens with two attached hydrogens (primary N) is 1. The molecule has 0 fully saturated rings. The fraction of sp³-hybridized carbons (Fsp3) is 0.208. The lowest BCUT2D eigenvalue weighted by molar-refractivity contribution is 0.100. The summed E-state index contributed by atoms with van der Waals surface area (Å²) in [6.45, 7) is 6.44. The second-order valence-corrected chi connectivity index (χ2v) is 7.63. The number of hydrogen-bond donors (Lipinski definition) is 1. The Balaban J connectivity index is 2.07. The van der Waals surface area contributed by atoms with E-state index in [0.717, 1.165) is 21.8 Å². The van der Waals surface area contributed by atoms with Crippen LogP contribution in [0.5, 0.6) is 0 Å². The number of carbonyl (C=O) groups is 1. The van der Waals surface area contributed by atoms with E-state index in [0.29, 0.717) is 29.2 Å². The maximum Gasteiger partial charge on any atom is 0.249 e. The van der Waals surface area contributed by atoms with Crippen molar-refractivity contribution in [2.45, 2.75) is 33.2 Å². The molecule has 3 aromatic carbocycles. The minimum absolute atomic E-state index is 0.191. The molecule has 0 aliphatic heterocycles. The standard InChI is InChI=1S/C24H23FN2O/c1-14(2)16-10-11-18-21(12-16)27(13-17-7-4-6-15(3)23(17)25)20-9-5-8-19(22(18)20)24(26)28/h4-12,14H,13H2,1-3H3,(H2,26,28). The lowest BCUT2D eigenvalue weighted by Crippen LogP contribution is -2.11. The van der Waals surface area contributed by atoms with E-state index in [2.05, 4.69) is 30.5 Å². The maximum absolute atomic E-state index is 14.7. The lowest BCUT2D eigenvalue weighted by atomic mass is 10.00.